The Morgan fingerprint density at radius 1 is 1.04 bits per heavy atom. The topological polar surface area (TPSA) is 15.3 Å². The van der Waals surface area contributed by atoms with E-state index in [1.807, 2.05) is 0 Å². The molecule has 0 unspecified atom stereocenters. The number of hydrogen-bond donors (Lipinski definition) is 1. The maximum Gasteiger partial charge on any atom is 0.0248 e. The molecule has 124 valence electrons. The first kappa shape index (κ1) is 16.6. The van der Waals surface area contributed by atoms with Crippen molar-refractivity contribution < 1.29 is 0 Å². The highest BCUT2D eigenvalue weighted by atomic mass is 15.1. The molecule has 0 aromatic heterocycles. The fourth-order valence-corrected chi connectivity index (χ4v) is 3.71. The van der Waals surface area contributed by atoms with Gasteiger partial charge >= 0.3 is 0 Å². The van der Waals surface area contributed by atoms with Crippen LogP contribution in [0.15, 0.2) is 24.3 Å². The van der Waals surface area contributed by atoms with Crippen LogP contribution in [0.1, 0.15) is 62.5 Å². The van der Waals surface area contributed by atoms with Crippen LogP contribution >= 0.6 is 0 Å². The van der Waals surface area contributed by atoms with Gasteiger partial charge in [-0.25, -0.2) is 0 Å². The van der Waals surface area contributed by atoms with Crippen molar-refractivity contribution >= 4 is 0 Å². The first-order valence-electron chi connectivity index (χ1n) is 9.44. The molecule has 1 aromatic rings. The lowest BCUT2D eigenvalue weighted by Crippen LogP contribution is -2.30. The van der Waals surface area contributed by atoms with Gasteiger partial charge < -0.3 is 10.2 Å². The molecule has 0 radical (unpaired) electrons. The zero-order valence-corrected chi connectivity index (χ0v) is 14.3. The largest absolute Gasteiger partial charge is 0.310 e. The van der Waals surface area contributed by atoms with Gasteiger partial charge in [0.2, 0.25) is 0 Å². The third-order valence-corrected chi connectivity index (χ3v) is 5.11. The summed E-state index contributed by atoms with van der Waals surface area (Å²) in [4.78, 5) is 2.56. The Bertz CT molecular complexity index is 528. The summed E-state index contributed by atoms with van der Waals surface area (Å²) in [5.41, 5.74) is 2.52. The number of nitrogens with zero attached hydrogens (tertiary/aromatic N) is 1. The van der Waals surface area contributed by atoms with E-state index in [2.05, 4.69) is 46.3 Å². The van der Waals surface area contributed by atoms with Crippen molar-refractivity contribution in [2.45, 2.75) is 64.0 Å². The molecule has 0 spiro atoms. The van der Waals surface area contributed by atoms with E-state index in [9.17, 15) is 0 Å². The van der Waals surface area contributed by atoms with Gasteiger partial charge in [0.15, 0.2) is 0 Å². The summed E-state index contributed by atoms with van der Waals surface area (Å²) in [6.45, 7) is 4.65. The average Bonchev–Trinajstić information content (AvgIpc) is 3.12. The van der Waals surface area contributed by atoms with Crippen LogP contribution < -0.4 is 5.32 Å². The summed E-state index contributed by atoms with van der Waals surface area (Å²) < 4.78 is 0. The SMILES string of the molecule is C(#Cc1cccc(CNC2CCCC2)c1)CCN1CCCCC1. The number of nitrogens with one attached hydrogen (secondary N) is 1. The molecule has 2 fully saturated rings. The van der Waals surface area contributed by atoms with E-state index in [1.54, 1.807) is 0 Å². The fraction of sp³-hybridized carbons (Fsp3) is 0.619. The molecule has 1 aliphatic heterocycles. The summed E-state index contributed by atoms with van der Waals surface area (Å²) in [5.74, 6) is 6.71. The van der Waals surface area contributed by atoms with Crippen molar-refractivity contribution in [1.29, 1.82) is 0 Å². The number of hydrogen-bond acceptors (Lipinski definition) is 2. The smallest absolute Gasteiger partial charge is 0.0248 e. The standard InChI is InChI=1S/C21H30N2/c1-5-14-23(15-6-1)16-7-4-9-19-10-8-11-20(17-19)18-22-21-12-2-3-13-21/h8,10-11,17,21-22H,1-3,5-7,12-16,18H2. The van der Waals surface area contributed by atoms with Crippen LogP contribution in [0.25, 0.3) is 0 Å². The summed E-state index contributed by atoms with van der Waals surface area (Å²) in [7, 11) is 0. The molecule has 23 heavy (non-hydrogen) atoms. The molecule has 0 bridgehead atoms. The second-order valence-corrected chi connectivity index (χ2v) is 7.02. The van der Waals surface area contributed by atoms with Crippen molar-refractivity contribution in [1.82, 2.24) is 10.2 Å². The molecule has 1 aromatic carbocycles. The molecule has 2 aliphatic rings. The van der Waals surface area contributed by atoms with Crippen LogP contribution in [0.4, 0.5) is 0 Å². The lowest BCUT2D eigenvalue weighted by atomic mass is 10.1. The highest BCUT2D eigenvalue weighted by Crippen LogP contribution is 2.18. The molecule has 1 saturated heterocycles. The van der Waals surface area contributed by atoms with Crippen molar-refractivity contribution in [2.24, 2.45) is 0 Å². The molecule has 1 aliphatic carbocycles. The predicted molar refractivity (Wildman–Crippen MR) is 97.3 cm³/mol. The highest BCUT2D eigenvalue weighted by molar-refractivity contribution is 5.37. The van der Waals surface area contributed by atoms with Gasteiger partial charge in [-0.2, -0.15) is 0 Å². The van der Waals surface area contributed by atoms with E-state index in [0.717, 1.165) is 31.1 Å². The van der Waals surface area contributed by atoms with Gasteiger partial charge in [0, 0.05) is 31.1 Å². The zero-order valence-electron chi connectivity index (χ0n) is 14.3. The molecule has 1 heterocycles. The van der Waals surface area contributed by atoms with E-state index in [0.29, 0.717) is 0 Å². The quantitative estimate of drug-likeness (QED) is 0.829. The van der Waals surface area contributed by atoms with E-state index >= 15 is 0 Å². The van der Waals surface area contributed by atoms with E-state index in [4.69, 9.17) is 0 Å². The van der Waals surface area contributed by atoms with Gasteiger partial charge in [-0.1, -0.05) is 43.2 Å². The van der Waals surface area contributed by atoms with Gasteiger partial charge in [-0.3, -0.25) is 0 Å². The molecular weight excluding hydrogens is 280 g/mol. The molecule has 1 saturated carbocycles. The van der Waals surface area contributed by atoms with Crippen LogP contribution in [0.5, 0.6) is 0 Å². The second-order valence-electron chi connectivity index (χ2n) is 7.02. The fourth-order valence-electron chi connectivity index (χ4n) is 3.71. The minimum absolute atomic E-state index is 0.731. The predicted octanol–water partition coefficient (Wildman–Crippen LogP) is 3.95. The highest BCUT2D eigenvalue weighted by Gasteiger charge is 2.13. The lowest BCUT2D eigenvalue weighted by Gasteiger charge is -2.25. The Kier molecular flexibility index (Phi) is 6.55. The molecular formula is C21H30N2. The number of benzene rings is 1. The van der Waals surface area contributed by atoms with Crippen LogP contribution in [0, 0.1) is 11.8 Å². The van der Waals surface area contributed by atoms with Crippen LogP contribution in [0.3, 0.4) is 0 Å². The van der Waals surface area contributed by atoms with Crippen molar-refractivity contribution in [3.05, 3.63) is 35.4 Å². The second kappa shape index (κ2) is 9.11. The Labute approximate surface area is 141 Å². The third-order valence-electron chi connectivity index (χ3n) is 5.11. The average molecular weight is 310 g/mol. The minimum atomic E-state index is 0.731. The zero-order chi connectivity index (χ0) is 15.7. The summed E-state index contributed by atoms with van der Waals surface area (Å²) in [6.07, 6.45) is 10.6. The number of rotatable bonds is 5. The maximum atomic E-state index is 3.68. The maximum absolute atomic E-state index is 3.68. The normalized spacial score (nSPS) is 19.5. The van der Waals surface area contributed by atoms with Crippen molar-refractivity contribution in [3.63, 3.8) is 0 Å². The lowest BCUT2D eigenvalue weighted by molar-refractivity contribution is 0.234. The molecule has 0 atom stereocenters. The first-order chi connectivity index (χ1) is 11.4. The van der Waals surface area contributed by atoms with E-state index in [1.165, 1.54) is 63.6 Å². The van der Waals surface area contributed by atoms with Gasteiger partial charge in [0.25, 0.3) is 0 Å². The van der Waals surface area contributed by atoms with E-state index in [-0.39, 0.29) is 0 Å². The molecule has 3 rings (SSSR count). The minimum Gasteiger partial charge on any atom is -0.310 e. The number of piperidine rings is 1. The Morgan fingerprint density at radius 3 is 2.70 bits per heavy atom. The summed E-state index contributed by atoms with van der Waals surface area (Å²) in [6, 6.07) is 9.46. The van der Waals surface area contributed by atoms with Gasteiger partial charge in [-0.15, -0.1) is 0 Å². The number of likely N-dealkylation sites (tertiary alicyclic amines) is 1. The van der Waals surface area contributed by atoms with Gasteiger partial charge in [-0.05, 0) is 56.5 Å². The molecule has 0 amide bonds. The summed E-state index contributed by atoms with van der Waals surface area (Å²) >= 11 is 0. The molecule has 2 nitrogen and oxygen atoms in total. The van der Waals surface area contributed by atoms with E-state index < -0.39 is 0 Å². The Hall–Kier alpha value is -1.30. The third kappa shape index (κ3) is 5.68. The van der Waals surface area contributed by atoms with Crippen molar-refractivity contribution in [2.75, 3.05) is 19.6 Å². The monoisotopic (exact) mass is 310 g/mol. The van der Waals surface area contributed by atoms with Gasteiger partial charge in [0.1, 0.15) is 0 Å². The summed E-state index contributed by atoms with van der Waals surface area (Å²) in [5, 5.41) is 3.68. The van der Waals surface area contributed by atoms with Crippen LogP contribution in [-0.2, 0) is 6.54 Å². The first-order valence-corrected chi connectivity index (χ1v) is 9.44. The van der Waals surface area contributed by atoms with Crippen LogP contribution in [-0.4, -0.2) is 30.6 Å². The van der Waals surface area contributed by atoms with Crippen molar-refractivity contribution in [3.8, 4) is 11.8 Å². The Morgan fingerprint density at radius 2 is 1.87 bits per heavy atom. The van der Waals surface area contributed by atoms with Crippen LogP contribution in [0.2, 0.25) is 0 Å². The molecule has 1 N–H and O–H groups in total. The Balaban J connectivity index is 1.44. The van der Waals surface area contributed by atoms with Gasteiger partial charge in [0.05, 0.1) is 0 Å². The molecule has 2 heteroatoms.